The van der Waals surface area contributed by atoms with E-state index in [1.165, 1.54) is 16.7 Å². The lowest BCUT2D eigenvalue weighted by molar-refractivity contribution is 0.00313. The fourth-order valence-electron chi connectivity index (χ4n) is 2.79. The van der Waals surface area contributed by atoms with E-state index in [9.17, 15) is 5.11 Å². The zero-order valence-electron chi connectivity index (χ0n) is 14.1. The quantitative estimate of drug-likeness (QED) is 0.903. The predicted molar refractivity (Wildman–Crippen MR) is 91.3 cm³/mol. The Morgan fingerprint density at radius 3 is 2.62 bits per heavy atom. The van der Waals surface area contributed by atoms with E-state index in [-0.39, 0.29) is 12.7 Å². The number of benzene rings is 1. The van der Waals surface area contributed by atoms with Gasteiger partial charge in [0.2, 0.25) is 5.95 Å². The summed E-state index contributed by atoms with van der Waals surface area (Å²) in [6.07, 6.45) is 3.21. The van der Waals surface area contributed by atoms with Gasteiger partial charge < -0.3 is 19.5 Å². The maximum Gasteiger partial charge on any atom is 0.225 e. The zero-order valence-corrected chi connectivity index (χ0v) is 14.1. The Kier molecular flexibility index (Phi) is 5.27. The molecule has 6 heteroatoms. The largest absolute Gasteiger partial charge is 0.486 e. The van der Waals surface area contributed by atoms with E-state index in [0.717, 1.165) is 6.54 Å². The third-order valence-corrected chi connectivity index (χ3v) is 4.27. The van der Waals surface area contributed by atoms with Gasteiger partial charge in [0, 0.05) is 13.1 Å². The van der Waals surface area contributed by atoms with Crippen LogP contribution in [0.1, 0.15) is 16.7 Å². The van der Waals surface area contributed by atoms with Crippen molar-refractivity contribution < 1.29 is 14.6 Å². The lowest BCUT2D eigenvalue weighted by atomic mass is 10.0. The lowest BCUT2D eigenvalue weighted by Gasteiger charge is -2.31. The Bertz CT molecular complexity index is 655. The minimum atomic E-state index is -0.178. The normalized spacial score (nSPS) is 17.8. The highest BCUT2D eigenvalue weighted by Gasteiger charge is 2.21. The Balaban J connectivity index is 1.62. The van der Waals surface area contributed by atoms with E-state index in [2.05, 4.69) is 35.9 Å². The van der Waals surface area contributed by atoms with E-state index in [0.29, 0.717) is 31.5 Å². The highest BCUT2D eigenvalue weighted by atomic mass is 16.5. The van der Waals surface area contributed by atoms with Gasteiger partial charge in [-0.3, -0.25) is 0 Å². The molecule has 1 N–H and O–H groups in total. The number of aryl methyl sites for hydroxylation is 2. The highest BCUT2D eigenvalue weighted by molar-refractivity contribution is 5.34. The van der Waals surface area contributed by atoms with E-state index in [1.54, 1.807) is 12.4 Å². The van der Waals surface area contributed by atoms with Gasteiger partial charge in [-0.25, -0.2) is 9.97 Å². The number of morpholine rings is 1. The first-order chi connectivity index (χ1) is 11.7. The minimum Gasteiger partial charge on any atom is -0.486 e. The average molecular weight is 329 g/mol. The summed E-state index contributed by atoms with van der Waals surface area (Å²) < 4.78 is 11.3. The molecular formula is C18H23N3O3. The third kappa shape index (κ3) is 3.83. The molecule has 24 heavy (non-hydrogen) atoms. The summed E-state index contributed by atoms with van der Waals surface area (Å²) in [4.78, 5) is 10.8. The molecule has 1 aliphatic heterocycles. The van der Waals surface area contributed by atoms with Crippen molar-refractivity contribution in [3.63, 3.8) is 0 Å². The molecule has 0 aliphatic carbocycles. The van der Waals surface area contributed by atoms with E-state index in [1.807, 2.05) is 11.0 Å². The van der Waals surface area contributed by atoms with Crippen LogP contribution in [0, 0.1) is 13.8 Å². The molecule has 1 fully saturated rings. The summed E-state index contributed by atoms with van der Waals surface area (Å²) >= 11 is 0. The average Bonchev–Trinajstić information content (AvgIpc) is 2.62. The summed E-state index contributed by atoms with van der Waals surface area (Å²) in [6.45, 7) is 6.57. The summed E-state index contributed by atoms with van der Waals surface area (Å²) in [7, 11) is 0. The number of ether oxygens (including phenoxy) is 2. The predicted octanol–water partition coefficient (Wildman–Crippen LogP) is 1.87. The molecule has 1 saturated heterocycles. The molecule has 2 aromatic rings. The van der Waals surface area contributed by atoms with Crippen LogP contribution in [0.15, 0.2) is 30.6 Å². The second-order valence-electron chi connectivity index (χ2n) is 6.00. The monoisotopic (exact) mass is 329 g/mol. The van der Waals surface area contributed by atoms with Gasteiger partial charge in [-0.2, -0.15) is 0 Å². The van der Waals surface area contributed by atoms with Crippen molar-refractivity contribution in [3.8, 4) is 5.75 Å². The van der Waals surface area contributed by atoms with Crippen molar-refractivity contribution >= 4 is 5.95 Å². The number of nitrogens with zero attached hydrogens (tertiary/aromatic N) is 3. The number of rotatable bonds is 5. The van der Waals surface area contributed by atoms with Crippen molar-refractivity contribution in [1.82, 2.24) is 9.97 Å². The standard InChI is InChI=1S/C18H23N3O3/c1-13-4-3-5-14(2)17(13)12-24-15-8-19-18(20-9-15)21-6-7-23-16(10-21)11-22/h3-5,8-9,16,22H,6-7,10-12H2,1-2H3. The molecular weight excluding hydrogens is 306 g/mol. The first-order valence-electron chi connectivity index (χ1n) is 8.14. The molecule has 0 saturated carbocycles. The maximum absolute atomic E-state index is 9.21. The van der Waals surface area contributed by atoms with E-state index in [4.69, 9.17) is 9.47 Å². The molecule has 3 rings (SSSR count). The number of hydrogen-bond donors (Lipinski definition) is 1. The van der Waals surface area contributed by atoms with E-state index >= 15 is 0 Å². The Labute approximate surface area is 142 Å². The first-order valence-corrected chi connectivity index (χ1v) is 8.14. The second kappa shape index (κ2) is 7.59. The van der Waals surface area contributed by atoms with Crippen molar-refractivity contribution in [2.75, 3.05) is 31.2 Å². The van der Waals surface area contributed by atoms with Gasteiger partial charge in [-0.1, -0.05) is 18.2 Å². The molecule has 0 spiro atoms. The molecule has 2 heterocycles. The number of aromatic nitrogens is 2. The van der Waals surface area contributed by atoms with Crippen LogP contribution in [0.25, 0.3) is 0 Å². The second-order valence-corrected chi connectivity index (χ2v) is 6.00. The van der Waals surface area contributed by atoms with Crippen LogP contribution in [0.4, 0.5) is 5.95 Å². The molecule has 1 atom stereocenters. The van der Waals surface area contributed by atoms with Crippen LogP contribution >= 0.6 is 0 Å². The van der Waals surface area contributed by atoms with Crippen LogP contribution in [0.3, 0.4) is 0 Å². The van der Waals surface area contributed by atoms with Gasteiger partial charge in [0.15, 0.2) is 5.75 Å². The van der Waals surface area contributed by atoms with Crippen molar-refractivity contribution in [2.45, 2.75) is 26.6 Å². The summed E-state index contributed by atoms with van der Waals surface area (Å²) in [5, 5.41) is 9.21. The molecule has 1 unspecified atom stereocenters. The van der Waals surface area contributed by atoms with E-state index < -0.39 is 0 Å². The van der Waals surface area contributed by atoms with Crippen molar-refractivity contribution in [2.24, 2.45) is 0 Å². The van der Waals surface area contributed by atoms with Gasteiger partial charge in [0.05, 0.1) is 31.7 Å². The molecule has 1 aromatic heterocycles. The Hall–Kier alpha value is -2.18. The minimum absolute atomic E-state index is 0.00741. The van der Waals surface area contributed by atoms with Gasteiger partial charge >= 0.3 is 0 Å². The molecule has 0 amide bonds. The number of aliphatic hydroxyl groups excluding tert-OH is 1. The van der Waals surface area contributed by atoms with Crippen LogP contribution in [0.5, 0.6) is 5.75 Å². The summed E-state index contributed by atoms with van der Waals surface area (Å²) in [6, 6.07) is 6.22. The maximum atomic E-state index is 9.21. The highest BCUT2D eigenvalue weighted by Crippen LogP contribution is 2.19. The summed E-state index contributed by atoms with van der Waals surface area (Å²) in [5.41, 5.74) is 3.63. The lowest BCUT2D eigenvalue weighted by Crippen LogP contribution is -2.44. The topological polar surface area (TPSA) is 67.7 Å². The smallest absolute Gasteiger partial charge is 0.225 e. The van der Waals surface area contributed by atoms with Crippen LogP contribution < -0.4 is 9.64 Å². The summed E-state index contributed by atoms with van der Waals surface area (Å²) in [5.74, 6) is 1.28. The first kappa shape index (κ1) is 16.7. The fraction of sp³-hybridized carbons (Fsp3) is 0.444. The molecule has 1 aliphatic rings. The zero-order chi connectivity index (χ0) is 16.9. The van der Waals surface area contributed by atoms with Gasteiger partial charge in [-0.05, 0) is 30.5 Å². The van der Waals surface area contributed by atoms with Crippen LogP contribution in [-0.2, 0) is 11.3 Å². The number of aliphatic hydroxyl groups is 1. The van der Waals surface area contributed by atoms with Gasteiger partial charge in [-0.15, -0.1) is 0 Å². The number of hydrogen-bond acceptors (Lipinski definition) is 6. The third-order valence-electron chi connectivity index (χ3n) is 4.27. The molecule has 0 radical (unpaired) electrons. The van der Waals surface area contributed by atoms with Gasteiger partial charge in [0.25, 0.3) is 0 Å². The molecule has 128 valence electrons. The molecule has 0 bridgehead atoms. The number of anilines is 1. The molecule has 6 nitrogen and oxygen atoms in total. The van der Waals surface area contributed by atoms with Crippen molar-refractivity contribution in [3.05, 3.63) is 47.3 Å². The molecule has 1 aromatic carbocycles. The van der Waals surface area contributed by atoms with Gasteiger partial charge in [0.1, 0.15) is 6.61 Å². The fourth-order valence-corrected chi connectivity index (χ4v) is 2.79. The Morgan fingerprint density at radius 2 is 1.96 bits per heavy atom. The van der Waals surface area contributed by atoms with Crippen molar-refractivity contribution in [1.29, 1.82) is 0 Å². The van der Waals surface area contributed by atoms with Crippen LogP contribution in [0.2, 0.25) is 0 Å². The van der Waals surface area contributed by atoms with Crippen LogP contribution in [-0.4, -0.2) is 47.5 Å². The Morgan fingerprint density at radius 1 is 1.25 bits per heavy atom. The SMILES string of the molecule is Cc1cccc(C)c1COc1cnc(N2CCOC(CO)C2)nc1.